The van der Waals surface area contributed by atoms with E-state index >= 15 is 0 Å². The third-order valence-corrected chi connectivity index (χ3v) is 5.28. The number of nitrogens with one attached hydrogen (secondary N) is 1. The van der Waals surface area contributed by atoms with Crippen LogP contribution in [0.4, 0.5) is 0 Å². The fourth-order valence-corrected chi connectivity index (χ4v) is 3.77. The Labute approximate surface area is 128 Å². The van der Waals surface area contributed by atoms with Crippen molar-refractivity contribution in [2.75, 3.05) is 20.1 Å². The maximum absolute atomic E-state index is 12.2. The van der Waals surface area contributed by atoms with Gasteiger partial charge in [0.05, 0.1) is 6.07 Å². The molecule has 0 bridgehead atoms. The van der Waals surface area contributed by atoms with Crippen LogP contribution in [0.1, 0.15) is 64.2 Å². The van der Waals surface area contributed by atoms with Gasteiger partial charge in [0.2, 0.25) is 5.91 Å². The molecule has 0 aliphatic heterocycles. The summed E-state index contributed by atoms with van der Waals surface area (Å²) in [7, 11) is 2.20. The molecule has 1 N–H and O–H groups in total. The Balaban J connectivity index is 1.65. The topological polar surface area (TPSA) is 56.1 Å². The summed E-state index contributed by atoms with van der Waals surface area (Å²) in [6.45, 7) is 1.73. The van der Waals surface area contributed by atoms with Crippen molar-refractivity contribution in [1.82, 2.24) is 10.2 Å². The molecule has 1 amide bonds. The second kappa shape index (κ2) is 7.79. The van der Waals surface area contributed by atoms with E-state index in [4.69, 9.17) is 0 Å². The molecule has 2 saturated carbocycles. The van der Waals surface area contributed by atoms with Crippen LogP contribution in [0.5, 0.6) is 0 Å². The summed E-state index contributed by atoms with van der Waals surface area (Å²) in [5, 5.41) is 12.3. The van der Waals surface area contributed by atoms with Crippen molar-refractivity contribution in [2.45, 2.75) is 70.3 Å². The van der Waals surface area contributed by atoms with Gasteiger partial charge in [-0.05, 0) is 45.7 Å². The van der Waals surface area contributed by atoms with Crippen LogP contribution in [0, 0.1) is 16.7 Å². The van der Waals surface area contributed by atoms with Crippen LogP contribution in [0.3, 0.4) is 0 Å². The average Bonchev–Trinajstić information content (AvgIpc) is 3.02. The third kappa shape index (κ3) is 4.20. The van der Waals surface area contributed by atoms with Crippen LogP contribution in [0.15, 0.2) is 0 Å². The highest BCUT2D eigenvalue weighted by Gasteiger charge is 2.41. The molecule has 0 spiro atoms. The van der Waals surface area contributed by atoms with Crippen LogP contribution in [-0.2, 0) is 4.79 Å². The van der Waals surface area contributed by atoms with Gasteiger partial charge in [0, 0.05) is 12.6 Å². The quantitative estimate of drug-likeness (QED) is 0.766. The van der Waals surface area contributed by atoms with E-state index in [0.717, 1.165) is 44.7 Å². The minimum atomic E-state index is -0.727. The zero-order chi connectivity index (χ0) is 15.1. The first-order valence-electron chi connectivity index (χ1n) is 8.58. The minimum absolute atomic E-state index is 0.0391. The van der Waals surface area contributed by atoms with Gasteiger partial charge in [-0.15, -0.1) is 0 Å². The number of rotatable bonds is 6. The largest absolute Gasteiger partial charge is 0.355 e. The highest BCUT2D eigenvalue weighted by atomic mass is 16.2. The second-order valence-corrected chi connectivity index (χ2v) is 6.78. The lowest BCUT2D eigenvalue weighted by Crippen LogP contribution is -2.40. The van der Waals surface area contributed by atoms with E-state index in [0.29, 0.717) is 6.54 Å². The predicted molar refractivity (Wildman–Crippen MR) is 83.6 cm³/mol. The van der Waals surface area contributed by atoms with Crippen molar-refractivity contribution < 1.29 is 4.79 Å². The fourth-order valence-electron chi connectivity index (χ4n) is 3.77. The SMILES string of the molecule is CN(CCCNC(=O)C1(C#N)CCCC1)C1CCCCC1. The zero-order valence-corrected chi connectivity index (χ0v) is 13.4. The Morgan fingerprint density at radius 2 is 1.90 bits per heavy atom. The molecule has 2 rings (SSSR count). The molecule has 0 unspecified atom stereocenters. The number of amides is 1. The van der Waals surface area contributed by atoms with Crippen LogP contribution in [0.25, 0.3) is 0 Å². The number of hydrogen-bond donors (Lipinski definition) is 1. The summed E-state index contributed by atoms with van der Waals surface area (Å²) >= 11 is 0. The summed E-state index contributed by atoms with van der Waals surface area (Å²) in [5.41, 5.74) is -0.727. The van der Waals surface area contributed by atoms with Gasteiger partial charge in [0.1, 0.15) is 5.41 Å². The highest BCUT2D eigenvalue weighted by Crippen LogP contribution is 2.37. The van der Waals surface area contributed by atoms with Gasteiger partial charge < -0.3 is 10.2 Å². The normalized spacial score (nSPS) is 22.1. The van der Waals surface area contributed by atoms with E-state index < -0.39 is 5.41 Å². The van der Waals surface area contributed by atoms with E-state index in [1.54, 1.807) is 0 Å². The molecule has 4 nitrogen and oxygen atoms in total. The summed E-state index contributed by atoms with van der Waals surface area (Å²) in [4.78, 5) is 14.6. The Morgan fingerprint density at radius 3 is 2.52 bits per heavy atom. The van der Waals surface area contributed by atoms with E-state index in [1.165, 1.54) is 32.1 Å². The minimum Gasteiger partial charge on any atom is -0.355 e. The molecule has 0 atom stereocenters. The predicted octanol–water partition coefficient (Wildman–Crippen LogP) is 2.84. The van der Waals surface area contributed by atoms with E-state index in [9.17, 15) is 10.1 Å². The summed E-state index contributed by atoms with van der Waals surface area (Å²) in [6.07, 6.45) is 11.2. The molecule has 0 heterocycles. The first-order valence-corrected chi connectivity index (χ1v) is 8.58. The van der Waals surface area contributed by atoms with Gasteiger partial charge in [-0.25, -0.2) is 0 Å². The van der Waals surface area contributed by atoms with Crippen molar-refractivity contribution in [3.63, 3.8) is 0 Å². The van der Waals surface area contributed by atoms with Crippen LogP contribution < -0.4 is 5.32 Å². The highest BCUT2D eigenvalue weighted by molar-refractivity contribution is 5.85. The molecule has 0 aromatic carbocycles. The molecule has 0 aromatic rings. The first kappa shape index (κ1) is 16.3. The van der Waals surface area contributed by atoms with Crippen LogP contribution >= 0.6 is 0 Å². The number of nitrogens with zero attached hydrogens (tertiary/aromatic N) is 2. The molecule has 0 aromatic heterocycles. The molecule has 21 heavy (non-hydrogen) atoms. The van der Waals surface area contributed by atoms with E-state index in [1.807, 2.05) is 0 Å². The molecule has 2 aliphatic rings. The van der Waals surface area contributed by atoms with E-state index in [2.05, 4.69) is 23.3 Å². The molecule has 2 aliphatic carbocycles. The maximum Gasteiger partial charge on any atom is 0.240 e. The van der Waals surface area contributed by atoms with Crippen LogP contribution in [-0.4, -0.2) is 37.0 Å². The summed E-state index contributed by atoms with van der Waals surface area (Å²) in [5.74, 6) is -0.0391. The summed E-state index contributed by atoms with van der Waals surface area (Å²) < 4.78 is 0. The molecule has 118 valence electrons. The van der Waals surface area contributed by atoms with Crippen molar-refractivity contribution >= 4 is 5.91 Å². The standard InChI is InChI=1S/C17H29N3O/c1-20(15-8-3-2-4-9-15)13-7-12-19-16(21)17(14-18)10-5-6-11-17/h15H,2-13H2,1H3,(H,19,21). The van der Waals surface area contributed by atoms with Crippen molar-refractivity contribution in [2.24, 2.45) is 5.41 Å². The Morgan fingerprint density at radius 1 is 1.24 bits per heavy atom. The fraction of sp³-hybridized carbons (Fsp3) is 0.882. The van der Waals surface area contributed by atoms with Crippen molar-refractivity contribution in [3.05, 3.63) is 0 Å². The van der Waals surface area contributed by atoms with Gasteiger partial charge in [-0.1, -0.05) is 32.1 Å². The monoisotopic (exact) mass is 291 g/mol. The van der Waals surface area contributed by atoms with Gasteiger partial charge in [-0.2, -0.15) is 5.26 Å². The number of hydrogen-bond acceptors (Lipinski definition) is 3. The number of nitriles is 1. The number of carbonyl (C=O) groups is 1. The molecule has 4 heteroatoms. The Kier molecular flexibility index (Phi) is 6.05. The van der Waals surface area contributed by atoms with Crippen molar-refractivity contribution in [3.8, 4) is 6.07 Å². The smallest absolute Gasteiger partial charge is 0.240 e. The van der Waals surface area contributed by atoms with Gasteiger partial charge >= 0.3 is 0 Å². The van der Waals surface area contributed by atoms with E-state index in [-0.39, 0.29) is 5.91 Å². The molecule has 2 fully saturated rings. The lowest BCUT2D eigenvalue weighted by atomic mass is 9.87. The maximum atomic E-state index is 12.2. The van der Waals surface area contributed by atoms with Crippen molar-refractivity contribution in [1.29, 1.82) is 5.26 Å². The van der Waals surface area contributed by atoms with Gasteiger partial charge in [0.15, 0.2) is 0 Å². The van der Waals surface area contributed by atoms with Crippen LogP contribution in [0.2, 0.25) is 0 Å². The average molecular weight is 291 g/mol. The second-order valence-electron chi connectivity index (χ2n) is 6.78. The van der Waals surface area contributed by atoms with Gasteiger partial charge in [-0.3, -0.25) is 4.79 Å². The molecular weight excluding hydrogens is 262 g/mol. The number of carbonyl (C=O) groups excluding carboxylic acids is 1. The first-order chi connectivity index (χ1) is 10.2. The molecular formula is C17H29N3O. The zero-order valence-electron chi connectivity index (χ0n) is 13.4. The van der Waals surface area contributed by atoms with Gasteiger partial charge in [0.25, 0.3) is 0 Å². The molecule has 0 radical (unpaired) electrons. The lowest BCUT2D eigenvalue weighted by Gasteiger charge is -2.31. The molecule has 0 saturated heterocycles. The third-order valence-electron chi connectivity index (χ3n) is 5.28. The Hall–Kier alpha value is -1.08. The Bertz CT molecular complexity index is 376. The lowest BCUT2D eigenvalue weighted by molar-refractivity contribution is -0.127. The summed E-state index contributed by atoms with van der Waals surface area (Å²) in [6, 6.07) is 2.99.